The predicted molar refractivity (Wildman–Crippen MR) is 84.7 cm³/mol. The zero-order chi connectivity index (χ0) is 16.2. The van der Waals surface area contributed by atoms with Crippen LogP contribution in [0.2, 0.25) is 0 Å². The highest BCUT2D eigenvalue weighted by molar-refractivity contribution is 5.79. The molecule has 0 N–H and O–H groups in total. The zero-order valence-corrected chi connectivity index (χ0v) is 13.5. The highest BCUT2D eigenvalue weighted by atomic mass is 16.5. The molecule has 0 aromatic carbocycles. The van der Waals surface area contributed by atoms with Gasteiger partial charge in [-0.3, -0.25) is 4.79 Å². The molecule has 0 aliphatic carbocycles. The lowest BCUT2D eigenvalue weighted by Crippen LogP contribution is -2.43. The number of aromatic nitrogens is 3. The average molecular weight is 315 g/mol. The third-order valence-electron chi connectivity index (χ3n) is 4.07. The number of carbonyl (C=O) groups is 1. The molecule has 0 bridgehead atoms. The Morgan fingerprint density at radius 3 is 3.04 bits per heavy atom. The molecule has 3 heterocycles. The van der Waals surface area contributed by atoms with Gasteiger partial charge in [0.2, 0.25) is 11.8 Å². The fourth-order valence-corrected chi connectivity index (χ4v) is 2.93. The van der Waals surface area contributed by atoms with Gasteiger partial charge >= 0.3 is 0 Å². The molecule has 1 aliphatic rings. The fourth-order valence-electron chi connectivity index (χ4n) is 2.93. The topological polar surface area (TPSA) is 75.4 Å². The third kappa shape index (κ3) is 3.67. The van der Waals surface area contributed by atoms with Crippen LogP contribution in [0.15, 0.2) is 28.9 Å². The van der Waals surface area contributed by atoms with Crippen LogP contribution in [-0.4, -0.2) is 46.1 Å². The minimum atomic E-state index is -0.0243. The summed E-state index contributed by atoms with van der Waals surface area (Å²) in [4.78, 5) is 25.1. The van der Waals surface area contributed by atoms with E-state index in [9.17, 15) is 4.79 Å². The van der Waals surface area contributed by atoms with E-state index in [-0.39, 0.29) is 11.8 Å². The number of anilines is 1. The first-order valence-electron chi connectivity index (χ1n) is 7.83. The van der Waals surface area contributed by atoms with Crippen molar-refractivity contribution >= 4 is 11.7 Å². The molecule has 2 aromatic heterocycles. The summed E-state index contributed by atoms with van der Waals surface area (Å²) in [5.41, 5.74) is 0. The standard InChI is InChI=1S/C16H21N5O2/c1-12-18-14(19-23-12)11-20(2)16(22)13-6-5-9-21(10-13)15-7-3-4-8-17-15/h3-4,7-8,13H,5-6,9-11H2,1-2H3. The van der Waals surface area contributed by atoms with Crippen LogP contribution in [0.3, 0.4) is 0 Å². The summed E-state index contributed by atoms with van der Waals surface area (Å²) in [6.07, 6.45) is 3.67. The molecule has 1 saturated heterocycles. The van der Waals surface area contributed by atoms with Gasteiger partial charge in [-0.05, 0) is 25.0 Å². The Bertz CT molecular complexity index is 658. The van der Waals surface area contributed by atoms with Crippen molar-refractivity contribution in [3.63, 3.8) is 0 Å². The van der Waals surface area contributed by atoms with Gasteiger partial charge in [-0.15, -0.1) is 0 Å². The Kier molecular flexibility index (Phi) is 4.55. The number of piperidine rings is 1. The van der Waals surface area contributed by atoms with E-state index in [1.807, 2.05) is 18.2 Å². The molecular weight excluding hydrogens is 294 g/mol. The molecular formula is C16H21N5O2. The minimum Gasteiger partial charge on any atom is -0.356 e. The summed E-state index contributed by atoms with van der Waals surface area (Å²) < 4.78 is 4.95. The quantitative estimate of drug-likeness (QED) is 0.854. The molecule has 2 aromatic rings. The molecule has 3 rings (SSSR count). The van der Waals surface area contributed by atoms with Gasteiger partial charge in [-0.25, -0.2) is 4.98 Å². The van der Waals surface area contributed by atoms with Gasteiger partial charge in [0.1, 0.15) is 5.82 Å². The second-order valence-corrected chi connectivity index (χ2v) is 5.90. The predicted octanol–water partition coefficient (Wildman–Crippen LogP) is 1.65. The average Bonchev–Trinajstić information content (AvgIpc) is 3.00. The Morgan fingerprint density at radius 1 is 1.48 bits per heavy atom. The van der Waals surface area contributed by atoms with E-state index in [4.69, 9.17) is 4.52 Å². The van der Waals surface area contributed by atoms with E-state index in [0.717, 1.165) is 25.2 Å². The summed E-state index contributed by atoms with van der Waals surface area (Å²) in [5, 5.41) is 3.85. The van der Waals surface area contributed by atoms with Crippen molar-refractivity contribution in [2.45, 2.75) is 26.3 Å². The lowest BCUT2D eigenvalue weighted by atomic mass is 9.96. The van der Waals surface area contributed by atoms with Crippen molar-refractivity contribution in [2.75, 3.05) is 25.0 Å². The monoisotopic (exact) mass is 315 g/mol. The van der Waals surface area contributed by atoms with Gasteiger partial charge in [0.05, 0.1) is 12.5 Å². The number of rotatable bonds is 4. The number of hydrogen-bond acceptors (Lipinski definition) is 6. The fraction of sp³-hybridized carbons (Fsp3) is 0.500. The van der Waals surface area contributed by atoms with Gasteiger partial charge < -0.3 is 14.3 Å². The maximum atomic E-state index is 12.7. The molecule has 7 heteroatoms. The summed E-state index contributed by atoms with van der Waals surface area (Å²) in [6.45, 7) is 3.75. The smallest absolute Gasteiger partial charge is 0.227 e. The second-order valence-electron chi connectivity index (χ2n) is 5.90. The Morgan fingerprint density at radius 2 is 2.35 bits per heavy atom. The van der Waals surface area contributed by atoms with Crippen LogP contribution in [0, 0.1) is 12.8 Å². The van der Waals surface area contributed by atoms with E-state index < -0.39 is 0 Å². The molecule has 7 nitrogen and oxygen atoms in total. The minimum absolute atomic E-state index is 0.0243. The van der Waals surface area contributed by atoms with Crippen LogP contribution >= 0.6 is 0 Å². The number of amides is 1. The lowest BCUT2D eigenvalue weighted by molar-refractivity contribution is -0.135. The van der Waals surface area contributed by atoms with E-state index in [0.29, 0.717) is 24.8 Å². The molecule has 0 radical (unpaired) electrons. The van der Waals surface area contributed by atoms with Crippen LogP contribution in [0.5, 0.6) is 0 Å². The van der Waals surface area contributed by atoms with Crippen molar-refractivity contribution in [1.29, 1.82) is 0 Å². The van der Waals surface area contributed by atoms with Crippen molar-refractivity contribution in [3.05, 3.63) is 36.1 Å². The summed E-state index contributed by atoms with van der Waals surface area (Å²) in [5.74, 6) is 2.08. The normalized spacial score (nSPS) is 18.0. The van der Waals surface area contributed by atoms with Crippen molar-refractivity contribution in [2.24, 2.45) is 5.92 Å². The van der Waals surface area contributed by atoms with Gasteiger partial charge in [-0.1, -0.05) is 11.2 Å². The van der Waals surface area contributed by atoms with Crippen LogP contribution in [-0.2, 0) is 11.3 Å². The van der Waals surface area contributed by atoms with Crippen molar-refractivity contribution in [1.82, 2.24) is 20.0 Å². The van der Waals surface area contributed by atoms with Crippen molar-refractivity contribution < 1.29 is 9.32 Å². The van der Waals surface area contributed by atoms with Crippen LogP contribution in [0.25, 0.3) is 0 Å². The molecule has 0 spiro atoms. The second kappa shape index (κ2) is 6.76. The van der Waals surface area contributed by atoms with Gasteiger partial charge in [0.15, 0.2) is 5.82 Å². The number of aryl methyl sites for hydroxylation is 1. The van der Waals surface area contributed by atoms with Gasteiger partial charge in [0.25, 0.3) is 0 Å². The molecule has 1 amide bonds. The Balaban J connectivity index is 1.62. The molecule has 1 unspecified atom stereocenters. The van der Waals surface area contributed by atoms with E-state index in [1.54, 1.807) is 25.1 Å². The highest BCUT2D eigenvalue weighted by Crippen LogP contribution is 2.23. The number of hydrogen-bond donors (Lipinski definition) is 0. The molecule has 0 saturated carbocycles. The lowest BCUT2D eigenvalue weighted by Gasteiger charge is -2.34. The molecule has 1 aliphatic heterocycles. The first-order chi connectivity index (χ1) is 11.1. The van der Waals surface area contributed by atoms with Crippen LogP contribution in [0.4, 0.5) is 5.82 Å². The summed E-state index contributed by atoms with van der Waals surface area (Å²) in [7, 11) is 1.79. The third-order valence-corrected chi connectivity index (χ3v) is 4.07. The number of pyridine rings is 1. The van der Waals surface area contributed by atoms with Crippen LogP contribution < -0.4 is 4.90 Å². The zero-order valence-electron chi connectivity index (χ0n) is 13.5. The maximum Gasteiger partial charge on any atom is 0.227 e. The molecule has 23 heavy (non-hydrogen) atoms. The van der Waals surface area contributed by atoms with E-state index in [2.05, 4.69) is 20.0 Å². The molecule has 122 valence electrons. The molecule has 1 atom stereocenters. The Hall–Kier alpha value is -2.44. The molecule has 1 fully saturated rings. The summed E-state index contributed by atoms with van der Waals surface area (Å²) in [6, 6.07) is 5.86. The largest absolute Gasteiger partial charge is 0.356 e. The van der Waals surface area contributed by atoms with Crippen LogP contribution in [0.1, 0.15) is 24.6 Å². The number of carbonyl (C=O) groups excluding carboxylic acids is 1. The number of nitrogens with zero attached hydrogens (tertiary/aromatic N) is 5. The summed E-state index contributed by atoms with van der Waals surface area (Å²) >= 11 is 0. The van der Waals surface area contributed by atoms with E-state index >= 15 is 0 Å². The Labute approximate surface area is 135 Å². The maximum absolute atomic E-state index is 12.7. The van der Waals surface area contributed by atoms with E-state index in [1.165, 1.54) is 0 Å². The van der Waals surface area contributed by atoms with Gasteiger partial charge in [0, 0.05) is 33.3 Å². The first-order valence-corrected chi connectivity index (χ1v) is 7.83. The van der Waals surface area contributed by atoms with Gasteiger partial charge in [-0.2, -0.15) is 4.98 Å². The highest BCUT2D eigenvalue weighted by Gasteiger charge is 2.29. The van der Waals surface area contributed by atoms with Crippen molar-refractivity contribution in [3.8, 4) is 0 Å². The SMILES string of the molecule is Cc1nc(CN(C)C(=O)C2CCCN(c3ccccn3)C2)no1. The first kappa shape index (κ1) is 15.5.